The number of carbonyl (C=O) groups excluding carboxylic acids is 1. The van der Waals surface area contributed by atoms with Crippen LogP contribution >= 0.6 is 23.2 Å². The standard InChI is InChI=1S/C28H25Cl2NO4/c1-3-4-7-18-10-12-19(13-11-18)31-25(32)16-34-28-26(33)21-15-23(30)17(2)14-24(21)35-27(28)20-8-5-6-9-22(20)29/h5-6,8-15H,3-4,7,16H2,1-2H3,(H,31,32). The molecule has 1 aromatic heterocycles. The third-order valence-electron chi connectivity index (χ3n) is 5.65. The summed E-state index contributed by atoms with van der Waals surface area (Å²) in [5.74, 6) is -0.351. The fourth-order valence-corrected chi connectivity index (χ4v) is 4.11. The predicted octanol–water partition coefficient (Wildman–Crippen LogP) is 7.44. The van der Waals surface area contributed by atoms with Crippen molar-refractivity contribution in [2.45, 2.75) is 33.1 Å². The molecule has 180 valence electrons. The molecule has 3 aromatic carbocycles. The van der Waals surface area contributed by atoms with Crippen LogP contribution in [0.1, 0.15) is 30.9 Å². The predicted molar refractivity (Wildman–Crippen MR) is 142 cm³/mol. The third-order valence-corrected chi connectivity index (χ3v) is 6.39. The summed E-state index contributed by atoms with van der Waals surface area (Å²) in [6.07, 6.45) is 3.24. The monoisotopic (exact) mass is 509 g/mol. The maximum Gasteiger partial charge on any atom is 0.262 e. The number of fused-ring (bicyclic) bond motifs is 1. The number of carbonyl (C=O) groups is 1. The summed E-state index contributed by atoms with van der Waals surface area (Å²) < 4.78 is 11.8. The first kappa shape index (κ1) is 24.8. The van der Waals surface area contributed by atoms with Gasteiger partial charge in [-0.2, -0.15) is 0 Å². The SMILES string of the molecule is CCCCc1ccc(NC(=O)COc2c(-c3ccccc3Cl)oc3cc(C)c(Cl)cc3c2=O)cc1. The number of amides is 1. The molecule has 0 aliphatic heterocycles. The quantitative estimate of drug-likeness (QED) is 0.268. The number of unbranched alkanes of at least 4 members (excludes halogenated alkanes) is 1. The molecule has 1 N–H and O–H groups in total. The van der Waals surface area contributed by atoms with Gasteiger partial charge in [0.1, 0.15) is 5.58 Å². The molecule has 0 atom stereocenters. The average molecular weight is 510 g/mol. The summed E-state index contributed by atoms with van der Waals surface area (Å²) in [7, 11) is 0. The van der Waals surface area contributed by atoms with Crippen LogP contribution in [0.15, 0.2) is 69.9 Å². The Morgan fingerprint density at radius 2 is 1.77 bits per heavy atom. The first-order valence-electron chi connectivity index (χ1n) is 11.4. The average Bonchev–Trinajstić information content (AvgIpc) is 2.84. The number of nitrogens with one attached hydrogen (secondary N) is 1. The number of aryl methyl sites for hydroxylation is 2. The summed E-state index contributed by atoms with van der Waals surface area (Å²) >= 11 is 12.6. The van der Waals surface area contributed by atoms with E-state index in [0.29, 0.717) is 26.9 Å². The second kappa shape index (κ2) is 11.0. The topological polar surface area (TPSA) is 68.5 Å². The number of ether oxygens (including phenoxy) is 1. The van der Waals surface area contributed by atoms with Crippen LogP contribution in [0.2, 0.25) is 10.0 Å². The van der Waals surface area contributed by atoms with Gasteiger partial charge in [0.25, 0.3) is 5.91 Å². The van der Waals surface area contributed by atoms with Gasteiger partial charge in [-0.3, -0.25) is 9.59 Å². The Kier molecular flexibility index (Phi) is 7.79. The molecular weight excluding hydrogens is 485 g/mol. The van der Waals surface area contributed by atoms with Crippen LogP contribution in [0.4, 0.5) is 5.69 Å². The second-order valence-corrected chi connectivity index (χ2v) is 9.12. The van der Waals surface area contributed by atoms with E-state index in [-0.39, 0.29) is 23.5 Å². The second-order valence-electron chi connectivity index (χ2n) is 8.30. The number of hydrogen-bond donors (Lipinski definition) is 1. The first-order chi connectivity index (χ1) is 16.9. The van der Waals surface area contributed by atoms with Crippen molar-refractivity contribution in [3.05, 3.63) is 92.1 Å². The highest BCUT2D eigenvalue weighted by atomic mass is 35.5. The Balaban J connectivity index is 1.62. The van der Waals surface area contributed by atoms with Gasteiger partial charge in [-0.25, -0.2) is 0 Å². The highest BCUT2D eigenvalue weighted by Crippen LogP contribution is 2.36. The van der Waals surface area contributed by atoms with E-state index in [9.17, 15) is 9.59 Å². The van der Waals surface area contributed by atoms with E-state index in [1.807, 2.05) is 31.2 Å². The van der Waals surface area contributed by atoms with Crippen molar-refractivity contribution in [2.75, 3.05) is 11.9 Å². The molecular formula is C28H25Cl2NO4. The van der Waals surface area contributed by atoms with Crippen LogP contribution in [0.5, 0.6) is 5.75 Å². The van der Waals surface area contributed by atoms with E-state index in [4.69, 9.17) is 32.4 Å². The van der Waals surface area contributed by atoms with Crippen LogP contribution in [0.3, 0.4) is 0 Å². The van der Waals surface area contributed by atoms with Crippen molar-refractivity contribution in [1.82, 2.24) is 0 Å². The molecule has 5 nitrogen and oxygen atoms in total. The van der Waals surface area contributed by atoms with E-state index < -0.39 is 11.3 Å². The van der Waals surface area contributed by atoms with Gasteiger partial charge in [0.05, 0.1) is 10.4 Å². The molecule has 0 radical (unpaired) electrons. The fraction of sp³-hybridized carbons (Fsp3) is 0.214. The molecule has 0 saturated heterocycles. The molecule has 4 rings (SSSR count). The molecule has 35 heavy (non-hydrogen) atoms. The van der Waals surface area contributed by atoms with E-state index in [0.717, 1.165) is 24.8 Å². The van der Waals surface area contributed by atoms with Crippen molar-refractivity contribution in [3.8, 4) is 17.1 Å². The van der Waals surface area contributed by atoms with Gasteiger partial charge < -0.3 is 14.5 Å². The van der Waals surface area contributed by atoms with Crippen LogP contribution in [0.25, 0.3) is 22.3 Å². The van der Waals surface area contributed by atoms with Crippen molar-refractivity contribution in [3.63, 3.8) is 0 Å². The van der Waals surface area contributed by atoms with Crippen LogP contribution < -0.4 is 15.5 Å². The lowest BCUT2D eigenvalue weighted by Gasteiger charge is -2.13. The highest BCUT2D eigenvalue weighted by Gasteiger charge is 2.21. The number of halogens is 2. The van der Waals surface area contributed by atoms with Gasteiger partial charge in [0.15, 0.2) is 12.4 Å². The lowest BCUT2D eigenvalue weighted by molar-refractivity contribution is -0.118. The van der Waals surface area contributed by atoms with Gasteiger partial charge in [-0.1, -0.05) is 60.8 Å². The number of rotatable bonds is 8. The van der Waals surface area contributed by atoms with Crippen LogP contribution in [-0.2, 0) is 11.2 Å². The smallest absolute Gasteiger partial charge is 0.262 e. The van der Waals surface area contributed by atoms with Crippen molar-refractivity contribution in [1.29, 1.82) is 0 Å². The van der Waals surface area contributed by atoms with Crippen molar-refractivity contribution < 1.29 is 13.9 Å². The number of anilines is 1. The van der Waals surface area contributed by atoms with Crippen LogP contribution in [-0.4, -0.2) is 12.5 Å². The lowest BCUT2D eigenvalue weighted by Crippen LogP contribution is -2.22. The molecule has 0 saturated carbocycles. The molecule has 1 heterocycles. The van der Waals surface area contributed by atoms with Gasteiger partial charge in [0, 0.05) is 16.3 Å². The molecule has 0 aliphatic carbocycles. The largest absolute Gasteiger partial charge is 0.476 e. The molecule has 0 fully saturated rings. The van der Waals surface area contributed by atoms with Gasteiger partial charge in [-0.05, 0) is 67.3 Å². The fourth-order valence-electron chi connectivity index (χ4n) is 3.72. The Hall–Kier alpha value is -3.28. The zero-order chi connectivity index (χ0) is 24.9. The first-order valence-corrected chi connectivity index (χ1v) is 12.2. The minimum atomic E-state index is -0.434. The molecule has 0 spiro atoms. The third kappa shape index (κ3) is 5.69. The van der Waals surface area contributed by atoms with Crippen molar-refractivity contribution >= 4 is 45.8 Å². The van der Waals surface area contributed by atoms with Gasteiger partial charge >= 0.3 is 0 Å². The molecule has 1 amide bonds. The number of benzene rings is 3. The molecule has 0 bridgehead atoms. The van der Waals surface area contributed by atoms with Crippen LogP contribution in [0, 0.1) is 6.92 Å². The zero-order valence-corrected chi connectivity index (χ0v) is 21.0. The lowest BCUT2D eigenvalue weighted by atomic mass is 10.1. The van der Waals surface area contributed by atoms with Gasteiger partial charge in [-0.15, -0.1) is 0 Å². The maximum absolute atomic E-state index is 13.4. The van der Waals surface area contributed by atoms with Gasteiger partial charge in [0.2, 0.25) is 11.2 Å². The normalized spacial score (nSPS) is 11.0. The summed E-state index contributed by atoms with van der Waals surface area (Å²) in [6.45, 7) is 3.59. The zero-order valence-electron chi connectivity index (χ0n) is 19.5. The minimum absolute atomic E-state index is 0.101. The summed E-state index contributed by atoms with van der Waals surface area (Å²) in [6, 6.07) is 17.9. The Labute approximate surface area is 213 Å². The van der Waals surface area contributed by atoms with E-state index in [1.165, 1.54) is 5.56 Å². The Morgan fingerprint density at radius 1 is 1.03 bits per heavy atom. The maximum atomic E-state index is 13.4. The highest BCUT2D eigenvalue weighted by molar-refractivity contribution is 6.33. The minimum Gasteiger partial charge on any atom is -0.476 e. The molecule has 0 aliphatic rings. The summed E-state index contributed by atoms with van der Waals surface area (Å²) in [5, 5.41) is 3.87. The molecule has 4 aromatic rings. The molecule has 0 unspecified atom stereocenters. The Bertz CT molecular complexity index is 1430. The molecule has 7 heteroatoms. The van der Waals surface area contributed by atoms with Crippen molar-refractivity contribution in [2.24, 2.45) is 0 Å². The van der Waals surface area contributed by atoms with E-state index in [1.54, 1.807) is 36.4 Å². The van der Waals surface area contributed by atoms with E-state index in [2.05, 4.69) is 12.2 Å². The summed E-state index contributed by atoms with van der Waals surface area (Å²) in [4.78, 5) is 26.0. The van der Waals surface area contributed by atoms with E-state index >= 15 is 0 Å². The Morgan fingerprint density at radius 3 is 2.49 bits per heavy atom. The number of hydrogen-bond acceptors (Lipinski definition) is 4. The summed E-state index contributed by atoms with van der Waals surface area (Å²) in [5.41, 5.74) is 3.04.